The maximum absolute atomic E-state index is 12.7. The van der Waals surface area contributed by atoms with Gasteiger partial charge in [-0.2, -0.15) is 0 Å². The number of ether oxygens (including phenoxy) is 1. The van der Waals surface area contributed by atoms with Gasteiger partial charge in [-0.25, -0.2) is 0 Å². The first kappa shape index (κ1) is 15.0. The van der Waals surface area contributed by atoms with Gasteiger partial charge in [0.15, 0.2) is 11.5 Å². The second kappa shape index (κ2) is 5.72. The number of nitrogens with zero attached hydrogens (tertiary/aromatic N) is 1. The van der Waals surface area contributed by atoms with Crippen molar-refractivity contribution in [2.45, 2.75) is 6.92 Å². The molecule has 0 fully saturated rings. The molecule has 1 aromatic heterocycles. The number of aromatic nitrogens is 1. The molecule has 0 amide bonds. The average molecular weight is 307 g/mol. The largest absolute Gasteiger partial charge is 0.492 e. The van der Waals surface area contributed by atoms with Crippen molar-refractivity contribution < 1.29 is 14.3 Å². The second-order valence-electron chi connectivity index (χ2n) is 5.47. The summed E-state index contributed by atoms with van der Waals surface area (Å²) in [5, 5.41) is 0. The zero-order chi connectivity index (χ0) is 16.6. The molecule has 0 unspecified atom stereocenters. The fraction of sp³-hybridized carbons (Fsp3) is 0.158. The zero-order valence-corrected chi connectivity index (χ0v) is 13.3. The maximum Gasteiger partial charge on any atom is 0.230 e. The molecule has 4 nitrogen and oxygen atoms in total. The monoisotopic (exact) mass is 307 g/mol. The number of ketones is 2. The van der Waals surface area contributed by atoms with Crippen molar-refractivity contribution in [3.63, 3.8) is 0 Å². The summed E-state index contributed by atoms with van der Waals surface area (Å²) in [7, 11) is 3.24. The number of aryl methyl sites for hydroxylation is 1. The molecule has 2 aromatic rings. The Hall–Kier alpha value is -2.88. The number of hydrogen-bond acceptors (Lipinski definition) is 3. The van der Waals surface area contributed by atoms with Crippen LogP contribution in [0.2, 0.25) is 0 Å². The normalized spacial score (nSPS) is 14.6. The van der Waals surface area contributed by atoms with E-state index in [2.05, 4.69) is 0 Å². The molecule has 4 heteroatoms. The number of benzene rings is 1. The van der Waals surface area contributed by atoms with Crippen molar-refractivity contribution in [2.75, 3.05) is 7.11 Å². The van der Waals surface area contributed by atoms with Crippen molar-refractivity contribution >= 4 is 23.7 Å². The number of methoxy groups -OCH3 is 1. The molecule has 1 aliphatic rings. The molecule has 0 bridgehead atoms. The van der Waals surface area contributed by atoms with Crippen LogP contribution in [0.25, 0.3) is 12.2 Å². The Bertz CT molecular complexity index is 854. The van der Waals surface area contributed by atoms with E-state index in [9.17, 15) is 9.59 Å². The van der Waals surface area contributed by atoms with Crippen LogP contribution in [0.3, 0.4) is 0 Å². The number of Topliss-reactive ketones (excluding diaryl/α,β-unsaturated/α-hetero) is 2. The fourth-order valence-corrected chi connectivity index (χ4v) is 2.83. The molecule has 3 rings (SSSR count). The molecule has 0 aliphatic heterocycles. The highest BCUT2D eigenvalue weighted by Crippen LogP contribution is 2.31. The van der Waals surface area contributed by atoms with E-state index in [1.807, 2.05) is 49.5 Å². The molecular formula is C19H17NO3. The third-order valence-electron chi connectivity index (χ3n) is 4.02. The van der Waals surface area contributed by atoms with Crippen LogP contribution in [0.4, 0.5) is 0 Å². The molecule has 0 saturated carbocycles. The summed E-state index contributed by atoms with van der Waals surface area (Å²) in [5.74, 6) is -0.276. The number of hydrogen-bond donors (Lipinski definition) is 0. The third kappa shape index (κ3) is 2.42. The van der Waals surface area contributed by atoms with Gasteiger partial charge in [0.25, 0.3) is 0 Å². The Morgan fingerprint density at radius 2 is 1.74 bits per heavy atom. The Kier molecular flexibility index (Phi) is 3.74. The molecule has 0 radical (unpaired) electrons. The minimum atomic E-state index is -0.243. The molecule has 0 saturated heterocycles. The first-order valence-electron chi connectivity index (χ1n) is 7.31. The van der Waals surface area contributed by atoms with Crippen LogP contribution < -0.4 is 0 Å². The van der Waals surface area contributed by atoms with Gasteiger partial charge in [-0.1, -0.05) is 36.4 Å². The quantitative estimate of drug-likeness (QED) is 0.872. The average Bonchev–Trinajstić information content (AvgIpc) is 2.89. The minimum absolute atomic E-state index is 0.128. The van der Waals surface area contributed by atoms with E-state index in [4.69, 9.17) is 4.74 Å². The second-order valence-corrected chi connectivity index (χ2v) is 5.47. The summed E-state index contributed by atoms with van der Waals surface area (Å²) in [6.07, 6.45) is 5.48. The molecule has 1 aromatic carbocycles. The van der Waals surface area contributed by atoms with Crippen molar-refractivity contribution in [3.8, 4) is 0 Å². The molecule has 116 valence electrons. The number of carbonyl (C=O) groups is 2. The predicted octanol–water partition coefficient (Wildman–Crippen LogP) is 3.49. The van der Waals surface area contributed by atoms with E-state index in [1.165, 1.54) is 7.11 Å². The summed E-state index contributed by atoms with van der Waals surface area (Å²) in [4.78, 5) is 25.1. The third-order valence-corrected chi connectivity index (χ3v) is 4.02. The highest BCUT2D eigenvalue weighted by Gasteiger charge is 2.34. The fourth-order valence-electron chi connectivity index (χ4n) is 2.83. The van der Waals surface area contributed by atoms with Gasteiger partial charge in [-0.15, -0.1) is 0 Å². The summed E-state index contributed by atoms with van der Waals surface area (Å²) in [6, 6.07) is 9.79. The van der Waals surface area contributed by atoms with Gasteiger partial charge in [-0.05, 0) is 18.6 Å². The lowest BCUT2D eigenvalue weighted by molar-refractivity contribution is 0.0907. The lowest BCUT2D eigenvalue weighted by Gasteiger charge is -2.15. The van der Waals surface area contributed by atoms with Crippen LogP contribution in [0.15, 0.2) is 47.9 Å². The van der Waals surface area contributed by atoms with E-state index in [0.717, 1.165) is 5.56 Å². The number of carbonyl (C=O) groups excluding carboxylic acids is 2. The van der Waals surface area contributed by atoms with E-state index >= 15 is 0 Å². The highest BCUT2D eigenvalue weighted by atomic mass is 16.5. The highest BCUT2D eigenvalue weighted by molar-refractivity contribution is 6.27. The molecule has 0 spiro atoms. The molecular weight excluding hydrogens is 290 g/mol. The standard InChI is InChI=1S/C19H17NO3/c1-12-17(21)14-11-20(2)15(16(14)18(22)19(12)23-3)10-9-13-7-5-4-6-8-13/h4-11H,1-3H3/b10-9+. The lowest BCUT2D eigenvalue weighted by atomic mass is 9.90. The van der Waals surface area contributed by atoms with E-state index in [-0.39, 0.29) is 17.3 Å². The Labute approximate surface area is 134 Å². The first-order valence-corrected chi connectivity index (χ1v) is 7.31. The Balaban J connectivity index is 2.10. The van der Waals surface area contributed by atoms with Gasteiger partial charge < -0.3 is 9.30 Å². The van der Waals surface area contributed by atoms with Crippen LogP contribution in [-0.2, 0) is 11.8 Å². The lowest BCUT2D eigenvalue weighted by Crippen LogP contribution is -2.21. The molecule has 0 N–H and O–H groups in total. The molecule has 1 heterocycles. The smallest absolute Gasteiger partial charge is 0.230 e. The van der Waals surface area contributed by atoms with Crippen LogP contribution in [-0.4, -0.2) is 23.2 Å². The summed E-state index contributed by atoms with van der Waals surface area (Å²) in [5.41, 5.74) is 2.92. The zero-order valence-electron chi connectivity index (χ0n) is 13.3. The van der Waals surface area contributed by atoms with Crippen LogP contribution in [0.1, 0.15) is 38.9 Å². The first-order chi connectivity index (χ1) is 11.0. The van der Waals surface area contributed by atoms with Crippen molar-refractivity contribution in [2.24, 2.45) is 7.05 Å². The van der Waals surface area contributed by atoms with Crippen LogP contribution >= 0.6 is 0 Å². The molecule has 0 atom stereocenters. The van der Waals surface area contributed by atoms with Gasteiger partial charge in [0.1, 0.15) is 0 Å². The predicted molar refractivity (Wildman–Crippen MR) is 89.2 cm³/mol. The molecule has 23 heavy (non-hydrogen) atoms. The SMILES string of the molecule is COC1=C(C)C(=O)c2cn(C)c(/C=C/c3ccccc3)c2C1=O. The van der Waals surface area contributed by atoms with Crippen LogP contribution in [0, 0.1) is 0 Å². The van der Waals surface area contributed by atoms with E-state index < -0.39 is 0 Å². The number of fused-ring (bicyclic) bond motifs is 1. The summed E-state index contributed by atoms with van der Waals surface area (Å²) >= 11 is 0. The number of rotatable bonds is 3. The van der Waals surface area contributed by atoms with Crippen molar-refractivity contribution in [1.29, 1.82) is 0 Å². The van der Waals surface area contributed by atoms with Gasteiger partial charge in [0.05, 0.1) is 23.9 Å². The van der Waals surface area contributed by atoms with E-state index in [0.29, 0.717) is 22.4 Å². The molecule has 1 aliphatic carbocycles. The van der Waals surface area contributed by atoms with Gasteiger partial charge >= 0.3 is 0 Å². The number of allylic oxidation sites excluding steroid dienone is 2. The summed E-state index contributed by atoms with van der Waals surface area (Å²) in [6.45, 7) is 1.62. The van der Waals surface area contributed by atoms with Gasteiger partial charge in [-0.3, -0.25) is 9.59 Å². The minimum Gasteiger partial charge on any atom is -0.492 e. The Morgan fingerprint density at radius 1 is 1.04 bits per heavy atom. The van der Waals surface area contributed by atoms with Gasteiger partial charge in [0, 0.05) is 18.8 Å². The van der Waals surface area contributed by atoms with Crippen molar-refractivity contribution in [3.05, 3.63) is 70.2 Å². The maximum atomic E-state index is 12.7. The van der Waals surface area contributed by atoms with E-state index in [1.54, 1.807) is 17.7 Å². The van der Waals surface area contributed by atoms with Crippen molar-refractivity contribution in [1.82, 2.24) is 4.57 Å². The van der Waals surface area contributed by atoms with Gasteiger partial charge in [0.2, 0.25) is 5.78 Å². The topological polar surface area (TPSA) is 48.3 Å². The Morgan fingerprint density at radius 3 is 2.39 bits per heavy atom. The summed E-state index contributed by atoms with van der Waals surface area (Å²) < 4.78 is 6.94. The van der Waals surface area contributed by atoms with Crippen LogP contribution in [0.5, 0.6) is 0 Å².